The number of rotatable bonds is 5. The molecule has 0 saturated heterocycles. The molecule has 3 rings (SSSR count). The lowest BCUT2D eigenvalue weighted by molar-refractivity contribution is 0.275. The van der Waals surface area contributed by atoms with Crippen LogP contribution in [-0.4, -0.2) is 27.1 Å². The van der Waals surface area contributed by atoms with Crippen molar-refractivity contribution in [2.45, 2.75) is 33.9 Å². The molecule has 3 heterocycles. The van der Waals surface area contributed by atoms with Gasteiger partial charge in [-0.1, -0.05) is 0 Å². The normalized spacial score (nSPS) is 11.5. The molecule has 22 heavy (non-hydrogen) atoms. The molecule has 0 spiro atoms. The van der Waals surface area contributed by atoms with Crippen LogP contribution in [0.4, 0.5) is 0 Å². The van der Waals surface area contributed by atoms with Crippen LogP contribution in [0.3, 0.4) is 0 Å². The van der Waals surface area contributed by atoms with Crippen molar-refractivity contribution in [1.82, 2.24) is 20.1 Å². The van der Waals surface area contributed by atoms with Gasteiger partial charge in [0, 0.05) is 13.5 Å². The minimum absolute atomic E-state index is 0.502. The van der Waals surface area contributed by atoms with E-state index in [4.69, 9.17) is 13.3 Å². The summed E-state index contributed by atoms with van der Waals surface area (Å²) in [7, 11) is 1.96. The van der Waals surface area contributed by atoms with E-state index in [1.165, 1.54) is 0 Å². The summed E-state index contributed by atoms with van der Waals surface area (Å²) < 4.78 is 16.6. The monoisotopic (exact) mass is 302 g/mol. The molecule has 0 radical (unpaired) electrons. The van der Waals surface area contributed by atoms with Crippen LogP contribution in [-0.2, 0) is 13.1 Å². The average Bonchev–Trinajstić information content (AvgIpc) is 3.13. The van der Waals surface area contributed by atoms with Gasteiger partial charge in [-0.15, -0.1) is 10.2 Å². The molecular weight excluding hydrogens is 284 g/mol. The SMILES string of the molecule is Cc1ccc(-c2nc(CN(C)Cc3nnc(C)o3)c(C)o2)o1. The van der Waals surface area contributed by atoms with Crippen LogP contribution in [0, 0.1) is 20.8 Å². The van der Waals surface area contributed by atoms with Crippen LogP contribution in [0.5, 0.6) is 0 Å². The Morgan fingerprint density at radius 3 is 2.45 bits per heavy atom. The largest absolute Gasteiger partial charge is 0.456 e. The van der Waals surface area contributed by atoms with E-state index < -0.39 is 0 Å². The second-order valence-electron chi connectivity index (χ2n) is 5.32. The highest BCUT2D eigenvalue weighted by Gasteiger charge is 2.16. The summed E-state index contributed by atoms with van der Waals surface area (Å²) in [5.41, 5.74) is 0.864. The summed E-state index contributed by atoms with van der Waals surface area (Å²) in [6, 6.07) is 3.74. The zero-order valence-electron chi connectivity index (χ0n) is 13.1. The van der Waals surface area contributed by atoms with Crippen LogP contribution >= 0.6 is 0 Å². The zero-order chi connectivity index (χ0) is 15.7. The number of aryl methyl sites for hydroxylation is 3. The first-order valence-corrected chi connectivity index (χ1v) is 7.02. The quantitative estimate of drug-likeness (QED) is 0.716. The molecule has 0 aliphatic heterocycles. The number of nitrogens with zero attached hydrogens (tertiary/aromatic N) is 4. The standard InChI is InChI=1S/C15H18N4O3/c1-9-5-6-13(20-9)15-16-12(10(2)21-15)7-19(4)8-14-18-17-11(3)22-14/h5-6H,7-8H2,1-4H3. The average molecular weight is 302 g/mol. The molecule has 7 nitrogen and oxygen atoms in total. The van der Waals surface area contributed by atoms with E-state index in [0.717, 1.165) is 17.2 Å². The van der Waals surface area contributed by atoms with Gasteiger partial charge in [-0.05, 0) is 33.0 Å². The predicted molar refractivity (Wildman–Crippen MR) is 77.9 cm³/mol. The molecule has 0 bridgehead atoms. The first-order chi connectivity index (χ1) is 10.5. The van der Waals surface area contributed by atoms with Gasteiger partial charge in [-0.3, -0.25) is 4.90 Å². The second kappa shape index (κ2) is 5.76. The maximum absolute atomic E-state index is 5.69. The molecule has 0 fully saturated rings. The highest BCUT2D eigenvalue weighted by molar-refractivity contribution is 5.45. The lowest BCUT2D eigenvalue weighted by Crippen LogP contribution is -2.18. The first-order valence-electron chi connectivity index (χ1n) is 7.02. The molecule has 3 aromatic rings. The maximum atomic E-state index is 5.69. The zero-order valence-corrected chi connectivity index (χ0v) is 13.1. The molecule has 0 aliphatic rings. The first kappa shape index (κ1) is 14.5. The second-order valence-corrected chi connectivity index (χ2v) is 5.32. The topological polar surface area (TPSA) is 81.3 Å². The van der Waals surface area contributed by atoms with Gasteiger partial charge in [0.05, 0.1) is 12.2 Å². The third kappa shape index (κ3) is 3.09. The van der Waals surface area contributed by atoms with Crippen LogP contribution in [0.2, 0.25) is 0 Å². The Hall–Kier alpha value is -2.41. The predicted octanol–water partition coefficient (Wildman–Crippen LogP) is 2.87. The van der Waals surface area contributed by atoms with Gasteiger partial charge in [0.25, 0.3) is 5.89 Å². The number of hydrogen-bond donors (Lipinski definition) is 0. The fraction of sp³-hybridized carbons (Fsp3) is 0.400. The minimum atomic E-state index is 0.502. The van der Waals surface area contributed by atoms with Gasteiger partial charge in [0.1, 0.15) is 11.5 Å². The molecule has 0 saturated carbocycles. The molecule has 0 N–H and O–H groups in total. The van der Waals surface area contributed by atoms with Crippen molar-refractivity contribution in [1.29, 1.82) is 0 Å². The molecule has 3 aromatic heterocycles. The molecule has 0 aliphatic carbocycles. The molecule has 7 heteroatoms. The van der Waals surface area contributed by atoms with Gasteiger partial charge in [-0.25, -0.2) is 4.98 Å². The fourth-order valence-electron chi connectivity index (χ4n) is 2.17. The molecule has 0 unspecified atom stereocenters. The number of furan rings is 1. The van der Waals surface area contributed by atoms with E-state index in [1.807, 2.05) is 37.9 Å². The van der Waals surface area contributed by atoms with Crippen molar-refractivity contribution in [3.8, 4) is 11.7 Å². The van der Waals surface area contributed by atoms with Gasteiger partial charge < -0.3 is 13.3 Å². The van der Waals surface area contributed by atoms with Gasteiger partial charge in [0.2, 0.25) is 11.8 Å². The smallest absolute Gasteiger partial charge is 0.263 e. The number of aromatic nitrogens is 3. The summed E-state index contributed by atoms with van der Waals surface area (Å²) >= 11 is 0. The highest BCUT2D eigenvalue weighted by atomic mass is 16.4. The van der Waals surface area contributed by atoms with Crippen molar-refractivity contribution in [2.24, 2.45) is 0 Å². The Balaban J connectivity index is 1.71. The Labute approximate surface area is 128 Å². The maximum Gasteiger partial charge on any atom is 0.263 e. The van der Waals surface area contributed by atoms with Gasteiger partial charge in [-0.2, -0.15) is 0 Å². The summed E-state index contributed by atoms with van der Waals surface area (Å²) in [6.07, 6.45) is 0. The summed E-state index contributed by atoms with van der Waals surface area (Å²) in [5, 5.41) is 7.81. The van der Waals surface area contributed by atoms with E-state index in [9.17, 15) is 0 Å². The molecular formula is C15H18N4O3. The Morgan fingerprint density at radius 1 is 1.00 bits per heavy atom. The lowest BCUT2D eigenvalue weighted by atomic mass is 10.3. The van der Waals surface area contributed by atoms with Gasteiger partial charge >= 0.3 is 0 Å². The van der Waals surface area contributed by atoms with Crippen LogP contribution < -0.4 is 0 Å². The van der Waals surface area contributed by atoms with E-state index >= 15 is 0 Å². The minimum Gasteiger partial charge on any atom is -0.456 e. The van der Waals surface area contributed by atoms with Crippen molar-refractivity contribution in [2.75, 3.05) is 7.05 Å². The van der Waals surface area contributed by atoms with Crippen molar-refractivity contribution in [3.05, 3.63) is 41.1 Å². The van der Waals surface area contributed by atoms with Crippen molar-refractivity contribution >= 4 is 0 Å². The Morgan fingerprint density at radius 2 is 1.82 bits per heavy atom. The summed E-state index contributed by atoms with van der Waals surface area (Å²) in [5.74, 6) is 3.90. The van der Waals surface area contributed by atoms with Crippen molar-refractivity contribution in [3.63, 3.8) is 0 Å². The van der Waals surface area contributed by atoms with Crippen LogP contribution in [0.15, 0.2) is 25.4 Å². The van der Waals surface area contributed by atoms with Gasteiger partial charge in [0.15, 0.2) is 5.76 Å². The fourth-order valence-corrected chi connectivity index (χ4v) is 2.17. The van der Waals surface area contributed by atoms with E-state index in [0.29, 0.717) is 36.5 Å². The Kier molecular flexibility index (Phi) is 3.81. The van der Waals surface area contributed by atoms with Crippen LogP contribution in [0.25, 0.3) is 11.7 Å². The van der Waals surface area contributed by atoms with Crippen molar-refractivity contribution < 1.29 is 13.3 Å². The molecule has 0 aromatic carbocycles. The number of hydrogen-bond acceptors (Lipinski definition) is 7. The highest BCUT2D eigenvalue weighted by Crippen LogP contribution is 2.24. The third-order valence-corrected chi connectivity index (χ3v) is 3.24. The van der Waals surface area contributed by atoms with E-state index in [1.54, 1.807) is 6.92 Å². The van der Waals surface area contributed by atoms with Crippen LogP contribution in [0.1, 0.15) is 29.0 Å². The molecule has 0 atom stereocenters. The van der Waals surface area contributed by atoms with E-state index in [2.05, 4.69) is 15.2 Å². The lowest BCUT2D eigenvalue weighted by Gasteiger charge is -2.12. The third-order valence-electron chi connectivity index (χ3n) is 3.24. The van der Waals surface area contributed by atoms with E-state index in [-0.39, 0.29) is 0 Å². The molecule has 0 amide bonds. The number of oxazole rings is 1. The Bertz CT molecular complexity index is 771. The summed E-state index contributed by atoms with van der Waals surface area (Å²) in [4.78, 5) is 6.55. The molecule has 116 valence electrons. The summed E-state index contributed by atoms with van der Waals surface area (Å²) in [6.45, 7) is 6.74.